The van der Waals surface area contributed by atoms with E-state index in [-0.39, 0.29) is 11.9 Å². The van der Waals surface area contributed by atoms with Crippen LogP contribution in [-0.2, 0) is 0 Å². The molecule has 0 bridgehead atoms. The summed E-state index contributed by atoms with van der Waals surface area (Å²) in [6.45, 7) is 2.30. The summed E-state index contributed by atoms with van der Waals surface area (Å²) in [5, 5.41) is 11.9. The molecule has 1 aromatic heterocycles. The van der Waals surface area contributed by atoms with Crippen LogP contribution in [0.15, 0.2) is 18.3 Å². The molecule has 1 atom stereocenters. The fourth-order valence-electron chi connectivity index (χ4n) is 0.911. The van der Waals surface area contributed by atoms with Gasteiger partial charge in [0, 0.05) is 18.8 Å². The van der Waals surface area contributed by atoms with Gasteiger partial charge >= 0.3 is 0 Å². The van der Waals surface area contributed by atoms with E-state index in [2.05, 4.69) is 10.3 Å². The normalized spacial score (nSPS) is 12.5. The van der Waals surface area contributed by atoms with Gasteiger partial charge in [-0.3, -0.25) is 0 Å². The Morgan fingerprint density at radius 2 is 2.46 bits per heavy atom. The summed E-state index contributed by atoms with van der Waals surface area (Å²) < 4.78 is 12.6. The van der Waals surface area contributed by atoms with Gasteiger partial charge in [-0.2, -0.15) is 0 Å². The Balaban J connectivity index is 2.37. The summed E-state index contributed by atoms with van der Waals surface area (Å²) >= 11 is 0. The van der Waals surface area contributed by atoms with Crippen LogP contribution in [0.3, 0.4) is 0 Å². The van der Waals surface area contributed by atoms with Crippen molar-refractivity contribution >= 4 is 5.82 Å². The topological polar surface area (TPSA) is 45.1 Å². The van der Waals surface area contributed by atoms with Gasteiger partial charge in [-0.1, -0.05) is 0 Å². The molecule has 0 saturated heterocycles. The van der Waals surface area contributed by atoms with Crippen molar-refractivity contribution < 1.29 is 9.50 Å². The maximum Gasteiger partial charge on any atom is 0.128 e. The van der Waals surface area contributed by atoms with E-state index in [0.717, 1.165) is 0 Å². The Bertz CT molecular complexity index is 266. The molecular weight excluding hydrogens is 171 g/mol. The summed E-state index contributed by atoms with van der Waals surface area (Å²) in [5.74, 6) is 0.190. The van der Waals surface area contributed by atoms with Crippen LogP contribution in [-0.4, -0.2) is 22.7 Å². The average Bonchev–Trinajstić information content (AvgIpc) is 2.03. The Morgan fingerprint density at radius 1 is 1.69 bits per heavy atom. The molecule has 0 radical (unpaired) electrons. The third-order valence-electron chi connectivity index (χ3n) is 1.59. The molecule has 0 amide bonds. The minimum absolute atomic E-state index is 0.311. The van der Waals surface area contributed by atoms with Gasteiger partial charge in [0.1, 0.15) is 11.6 Å². The first kappa shape index (κ1) is 9.92. The predicted molar refractivity (Wildman–Crippen MR) is 49.0 cm³/mol. The maximum atomic E-state index is 12.6. The number of anilines is 1. The molecule has 2 N–H and O–H groups in total. The van der Waals surface area contributed by atoms with Gasteiger partial charge in [0.15, 0.2) is 0 Å². The summed E-state index contributed by atoms with van der Waals surface area (Å²) in [7, 11) is 0. The van der Waals surface area contributed by atoms with Crippen molar-refractivity contribution in [2.75, 3.05) is 11.9 Å². The van der Waals surface area contributed by atoms with Crippen molar-refractivity contribution in [3.8, 4) is 0 Å². The van der Waals surface area contributed by atoms with Gasteiger partial charge in [-0.05, 0) is 19.4 Å². The zero-order chi connectivity index (χ0) is 9.68. The van der Waals surface area contributed by atoms with Gasteiger partial charge < -0.3 is 10.4 Å². The number of pyridine rings is 1. The second kappa shape index (κ2) is 4.77. The van der Waals surface area contributed by atoms with Crippen molar-refractivity contribution in [1.82, 2.24) is 4.98 Å². The van der Waals surface area contributed by atoms with Gasteiger partial charge in [0.2, 0.25) is 0 Å². The standard InChI is InChI=1S/C9H13FN2O/c1-7(13)2-4-11-9-6-8(10)3-5-12-9/h3,5-7,13H,2,4H2,1H3,(H,11,12). The van der Waals surface area contributed by atoms with Gasteiger partial charge in [0.05, 0.1) is 6.10 Å². The molecule has 0 aliphatic rings. The molecule has 3 nitrogen and oxygen atoms in total. The number of aromatic nitrogens is 1. The summed E-state index contributed by atoms with van der Waals surface area (Å²) in [5.41, 5.74) is 0. The zero-order valence-corrected chi connectivity index (χ0v) is 7.50. The Kier molecular flexibility index (Phi) is 3.64. The Hall–Kier alpha value is -1.16. The zero-order valence-electron chi connectivity index (χ0n) is 7.50. The smallest absolute Gasteiger partial charge is 0.128 e. The summed E-state index contributed by atoms with van der Waals surface area (Å²) in [6, 6.07) is 2.61. The SMILES string of the molecule is CC(O)CCNc1cc(F)ccn1. The van der Waals surface area contributed by atoms with E-state index in [9.17, 15) is 4.39 Å². The third kappa shape index (κ3) is 3.85. The molecule has 1 heterocycles. The van der Waals surface area contributed by atoms with Crippen LogP contribution >= 0.6 is 0 Å². The van der Waals surface area contributed by atoms with E-state index >= 15 is 0 Å². The highest BCUT2D eigenvalue weighted by Gasteiger charge is 1.97. The first-order chi connectivity index (χ1) is 6.18. The lowest BCUT2D eigenvalue weighted by Gasteiger charge is -2.06. The van der Waals surface area contributed by atoms with Gasteiger partial charge in [-0.15, -0.1) is 0 Å². The second-order valence-corrected chi connectivity index (χ2v) is 2.92. The lowest BCUT2D eigenvalue weighted by atomic mass is 10.3. The highest BCUT2D eigenvalue weighted by atomic mass is 19.1. The van der Waals surface area contributed by atoms with Crippen LogP contribution in [0, 0.1) is 5.82 Å². The van der Waals surface area contributed by atoms with Crippen LogP contribution in [0.2, 0.25) is 0 Å². The largest absolute Gasteiger partial charge is 0.393 e. The molecule has 13 heavy (non-hydrogen) atoms. The number of aliphatic hydroxyl groups is 1. The number of halogens is 1. The Morgan fingerprint density at radius 3 is 3.08 bits per heavy atom. The third-order valence-corrected chi connectivity index (χ3v) is 1.59. The molecule has 0 spiro atoms. The molecular formula is C9H13FN2O. The first-order valence-corrected chi connectivity index (χ1v) is 4.22. The molecule has 0 aliphatic carbocycles. The van der Waals surface area contributed by atoms with Crippen molar-refractivity contribution in [3.05, 3.63) is 24.1 Å². The molecule has 0 aliphatic heterocycles. The van der Waals surface area contributed by atoms with Crippen molar-refractivity contribution in [3.63, 3.8) is 0 Å². The van der Waals surface area contributed by atoms with Crippen LogP contribution < -0.4 is 5.32 Å². The number of hydrogen-bond donors (Lipinski definition) is 2. The highest BCUT2D eigenvalue weighted by molar-refractivity contribution is 5.33. The quantitative estimate of drug-likeness (QED) is 0.743. The van der Waals surface area contributed by atoms with Crippen molar-refractivity contribution in [2.24, 2.45) is 0 Å². The van der Waals surface area contributed by atoms with E-state index in [1.807, 2.05) is 0 Å². The highest BCUT2D eigenvalue weighted by Crippen LogP contribution is 2.04. The minimum atomic E-state index is -0.346. The Labute approximate surface area is 76.6 Å². The van der Waals surface area contributed by atoms with E-state index in [1.165, 1.54) is 18.3 Å². The number of rotatable bonds is 4. The van der Waals surface area contributed by atoms with Crippen molar-refractivity contribution in [1.29, 1.82) is 0 Å². The fraction of sp³-hybridized carbons (Fsp3) is 0.444. The lowest BCUT2D eigenvalue weighted by Crippen LogP contribution is -2.10. The number of nitrogens with one attached hydrogen (secondary N) is 1. The number of aliphatic hydroxyl groups excluding tert-OH is 1. The van der Waals surface area contributed by atoms with Crippen LogP contribution in [0.25, 0.3) is 0 Å². The molecule has 4 heteroatoms. The molecule has 1 unspecified atom stereocenters. The number of hydrogen-bond acceptors (Lipinski definition) is 3. The van der Waals surface area contributed by atoms with E-state index < -0.39 is 0 Å². The molecule has 0 saturated carbocycles. The van der Waals surface area contributed by atoms with Gasteiger partial charge in [-0.25, -0.2) is 9.37 Å². The van der Waals surface area contributed by atoms with Crippen LogP contribution in [0.4, 0.5) is 10.2 Å². The predicted octanol–water partition coefficient (Wildman–Crippen LogP) is 1.40. The average molecular weight is 184 g/mol. The summed E-state index contributed by atoms with van der Waals surface area (Å²) in [4.78, 5) is 3.90. The monoisotopic (exact) mass is 184 g/mol. The lowest BCUT2D eigenvalue weighted by molar-refractivity contribution is 0.188. The van der Waals surface area contributed by atoms with Crippen molar-refractivity contribution in [2.45, 2.75) is 19.4 Å². The first-order valence-electron chi connectivity index (χ1n) is 4.22. The van der Waals surface area contributed by atoms with Crippen LogP contribution in [0.1, 0.15) is 13.3 Å². The molecule has 72 valence electrons. The maximum absolute atomic E-state index is 12.6. The van der Waals surface area contributed by atoms with E-state index in [1.54, 1.807) is 6.92 Å². The number of nitrogens with zero attached hydrogens (tertiary/aromatic N) is 1. The van der Waals surface area contributed by atoms with Crippen LogP contribution in [0.5, 0.6) is 0 Å². The molecule has 1 rings (SSSR count). The van der Waals surface area contributed by atoms with E-state index in [4.69, 9.17) is 5.11 Å². The molecule has 0 aromatic carbocycles. The van der Waals surface area contributed by atoms with Gasteiger partial charge in [0.25, 0.3) is 0 Å². The minimum Gasteiger partial charge on any atom is -0.393 e. The van der Waals surface area contributed by atoms with E-state index in [0.29, 0.717) is 18.8 Å². The fourth-order valence-corrected chi connectivity index (χ4v) is 0.911. The molecule has 0 fully saturated rings. The molecule has 1 aromatic rings. The second-order valence-electron chi connectivity index (χ2n) is 2.92. The summed E-state index contributed by atoms with van der Waals surface area (Å²) in [6.07, 6.45) is 1.68.